The van der Waals surface area contributed by atoms with Crippen molar-refractivity contribution in [2.24, 2.45) is 0 Å². The molecule has 0 saturated carbocycles. The number of halogens is 2. The number of rotatable bonds is 3. The molecular formula is C10H8Cl2N6S. The fraction of sp³-hybridized carbons (Fsp3) is 0.100. The van der Waals surface area contributed by atoms with E-state index < -0.39 is 0 Å². The van der Waals surface area contributed by atoms with E-state index in [1.807, 2.05) is 6.07 Å². The Morgan fingerprint density at radius 3 is 2.68 bits per heavy atom. The highest BCUT2D eigenvalue weighted by molar-refractivity contribution is 7.98. The van der Waals surface area contributed by atoms with Crippen molar-refractivity contribution in [2.45, 2.75) is 10.9 Å². The number of hydrogen-bond acceptors (Lipinski definition) is 5. The average molecular weight is 315 g/mol. The van der Waals surface area contributed by atoms with Crippen molar-refractivity contribution < 1.29 is 0 Å². The molecule has 3 rings (SSSR count). The van der Waals surface area contributed by atoms with Crippen molar-refractivity contribution in [1.82, 2.24) is 24.5 Å². The Balaban J connectivity index is 1.86. The molecule has 2 heterocycles. The highest BCUT2D eigenvalue weighted by Gasteiger charge is 2.12. The van der Waals surface area contributed by atoms with Crippen LogP contribution in [0.3, 0.4) is 0 Å². The Morgan fingerprint density at radius 2 is 1.95 bits per heavy atom. The van der Waals surface area contributed by atoms with Gasteiger partial charge in [0.25, 0.3) is 5.78 Å². The Bertz CT molecular complexity index is 717. The van der Waals surface area contributed by atoms with Crippen molar-refractivity contribution in [1.29, 1.82) is 0 Å². The summed E-state index contributed by atoms with van der Waals surface area (Å²) >= 11 is 13.7. The summed E-state index contributed by atoms with van der Waals surface area (Å²) in [5, 5.41) is 13.9. The monoisotopic (exact) mass is 314 g/mol. The van der Waals surface area contributed by atoms with Crippen LogP contribution < -0.4 is 5.84 Å². The van der Waals surface area contributed by atoms with E-state index in [0.29, 0.717) is 26.7 Å². The van der Waals surface area contributed by atoms with Gasteiger partial charge < -0.3 is 5.84 Å². The average Bonchev–Trinajstić information content (AvgIpc) is 2.93. The summed E-state index contributed by atoms with van der Waals surface area (Å²) in [6.45, 7) is 0. The standard InChI is InChI=1S/C10H8Cl2N6S/c11-7-2-1-3-8(12)6(7)4-19-10-16-15-9-17(13)5-14-18(9)10/h1-3,5H,4,13H2. The zero-order chi connectivity index (χ0) is 13.4. The lowest BCUT2D eigenvalue weighted by atomic mass is 10.2. The fourth-order valence-corrected chi connectivity index (χ4v) is 3.20. The Morgan fingerprint density at radius 1 is 1.21 bits per heavy atom. The van der Waals surface area contributed by atoms with E-state index in [2.05, 4.69) is 15.3 Å². The van der Waals surface area contributed by atoms with Crippen molar-refractivity contribution in [3.63, 3.8) is 0 Å². The Hall–Kier alpha value is -1.44. The summed E-state index contributed by atoms with van der Waals surface area (Å²) in [6.07, 6.45) is 1.47. The van der Waals surface area contributed by atoms with Crippen LogP contribution in [0.4, 0.5) is 0 Å². The van der Waals surface area contributed by atoms with Gasteiger partial charge in [0.05, 0.1) is 0 Å². The first-order valence-corrected chi connectivity index (χ1v) is 7.00. The zero-order valence-corrected chi connectivity index (χ0v) is 11.8. The van der Waals surface area contributed by atoms with Crippen LogP contribution >= 0.6 is 35.0 Å². The summed E-state index contributed by atoms with van der Waals surface area (Å²) in [4.78, 5) is 0. The molecule has 0 atom stereocenters. The Labute approximate surface area is 122 Å². The molecule has 98 valence electrons. The van der Waals surface area contributed by atoms with Gasteiger partial charge in [-0.3, -0.25) is 0 Å². The molecule has 0 radical (unpaired) electrons. The molecule has 0 spiro atoms. The van der Waals surface area contributed by atoms with E-state index in [1.165, 1.54) is 22.8 Å². The van der Waals surface area contributed by atoms with Crippen LogP contribution in [0.1, 0.15) is 5.56 Å². The van der Waals surface area contributed by atoms with Crippen LogP contribution in [0.2, 0.25) is 10.0 Å². The van der Waals surface area contributed by atoms with Crippen LogP contribution in [0.25, 0.3) is 5.78 Å². The summed E-state index contributed by atoms with van der Waals surface area (Å²) in [7, 11) is 0. The maximum Gasteiger partial charge on any atom is 0.273 e. The van der Waals surface area contributed by atoms with Gasteiger partial charge >= 0.3 is 0 Å². The lowest BCUT2D eigenvalue weighted by molar-refractivity contribution is 0.819. The number of nitrogens with zero attached hydrogens (tertiary/aromatic N) is 5. The predicted molar refractivity (Wildman–Crippen MR) is 74.9 cm³/mol. The van der Waals surface area contributed by atoms with E-state index in [9.17, 15) is 0 Å². The number of benzene rings is 1. The molecule has 0 aliphatic heterocycles. The van der Waals surface area contributed by atoms with Crippen molar-refractivity contribution in [3.05, 3.63) is 40.1 Å². The van der Waals surface area contributed by atoms with Crippen molar-refractivity contribution in [2.75, 3.05) is 5.84 Å². The molecule has 19 heavy (non-hydrogen) atoms. The predicted octanol–water partition coefficient (Wildman–Crippen LogP) is 2.24. The summed E-state index contributed by atoms with van der Waals surface area (Å²) in [5.41, 5.74) is 0.861. The zero-order valence-electron chi connectivity index (χ0n) is 9.49. The van der Waals surface area contributed by atoms with Crippen LogP contribution in [0.15, 0.2) is 29.7 Å². The minimum absolute atomic E-state index is 0.479. The number of nitrogen functional groups attached to an aromatic ring is 1. The third kappa shape index (κ3) is 2.24. The van der Waals surface area contributed by atoms with Gasteiger partial charge in [-0.25, -0.2) is 4.68 Å². The molecule has 0 unspecified atom stereocenters. The third-order valence-corrected chi connectivity index (χ3v) is 4.18. The normalized spacial score (nSPS) is 11.3. The van der Waals surface area contributed by atoms with Crippen molar-refractivity contribution in [3.8, 4) is 0 Å². The van der Waals surface area contributed by atoms with Crippen LogP contribution in [-0.2, 0) is 5.75 Å². The highest BCUT2D eigenvalue weighted by Crippen LogP contribution is 2.30. The molecule has 0 fully saturated rings. The molecule has 0 bridgehead atoms. The van der Waals surface area contributed by atoms with Crippen LogP contribution in [0, 0.1) is 0 Å². The largest absolute Gasteiger partial charge is 0.335 e. The fourth-order valence-electron chi connectivity index (χ4n) is 1.58. The second kappa shape index (κ2) is 4.92. The van der Waals surface area contributed by atoms with Gasteiger partial charge in [-0.05, 0) is 17.7 Å². The van der Waals surface area contributed by atoms with Gasteiger partial charge in [-0.1, -0.05) is 41.0 Å². The highest BCUT2D eigenvalue weighted by atomic mass is 35.5. The molecule has 1 aromatic carbocycles. The lowest BCUT2D eigenvalue weighted by Crippen LogP contribution is -2.06. The van der Waals surface area contributed by atoms with Crippen LogP contribution in [0.5, 0.6) is 0 Å². The number of aromatic nitrogens is 5. The molecular weight excluding hydrogens is 307 g/mol. The van der Waals surface area contributed by atoms with Crippen LogP contribution in [-0.4, -0.2) is 24.5 Å². The molecule has 2 N–H and O–H groups in total. The molecule has 2 aromatic heterocycles. The number of thioether (sulfide) groups is 1. The van der Waals surface area contributed by atoms with Crippen molar-refractivity contribution >= 4 is 40.7 Å². The van der Waals surface area contributed by atoms with E-state index in [0.717, 1.165) is 5.56 Å². The first-order chi connectivity index (χ1) is 9.16. The number of hydrogen-bond donors (Lipinski definition) is 1. The van der Waals surface area contributed by atoms with Gasteiger partial charge in [0, 0.05) is 15.8 Å². The quantitative estimate of drug-likeness (QED) is 0.593. The molecule has 6 nitrogen and oxygen atoms in total. The lowest BCUT2D eigenvalue weighted by Gasteiger charge is -2.04. The van der Waals surface area contributed by atoms with E-state index in [1.54, 1.807) is 16.6 Å². The smallest absolute Gasteiger partial charge is 0.273 e. The topological polar surface area (TPSA) is 74.0 Å². The maximum absolute atomic E-state index is 6.11. The van der Waals surface area contributed by atoms with E-state index in [-0.39, 0.29) is 0 Å². The van der Waals surface area contributed by atoms with Gasteiger partial charge in [0.1, 0.15) is 6.33 Å². The molecule has 9 heteroatoms. The summed E-state index contributed by atoms with van der Waals surface area (Å²) in [6, 6.07) is 5.42. The Kier molecular flexibility index (Phi) is 3.26. The minimum atomic E-state index is 0.479. The van der Waals surface area contributed by atoms with E-state index in [4.69, 9.17) is 29.0 Å². The second-order valence-corrected chi connectivity index (χ2v) is 5.48. The second-order valence-electron chi connectivity index (χ2n) is 3.72. The molecule has 0 aliphatic carbocycles. The SMILES string of the molecule is Nn1cnn2c(SCc3c(Cl)cccc3Cl)nnc12. The van der Waals surface area contributed by atoms with Gasteiger partial charge in [0.15, 0.2) is 0 Å². The van der Waals surface area contributed by atoms with Gasteiger partial charge in [-0.15, -0.1) is 10.2 Å². The first-order valence-electron chi connectivity index (χ1n) is 5.26. The van der Waals surface area contributed by atoms with Gasteiger partial charge in [0.2, 0.25) is 5.16 Å². The summed E-state index contributed by atoms with van der Waals surface area (Å²) < 4.78 is 2.87. The summed E-state index contributed by atoms with van der Waals surface area (Å²) in [5.74, 6) is 6.68. The third-order valence-electron chi connectivity index (χ3n) is 2.53. The molecule has 0 amide bonds. The molecule has 0 saturated heterocycles. The first kappa shape index (κ1) is 12.6. The molecule has 3 aromatic rings. The minimum Gasteiger partial charge on any atom is -0.335 e. The molecule has 0 aliphatic rings. The van der Waals surface area contributed by atoms with E-state index >= 15 is 0 Å². The number of nitrogens with two attached hydrogens (primary N) is 1. The van der Waals surface area contributed by atoms with Gasteiger partial charge in [-0.2, -0.15) is 9.61 Å². The number of fused-ring (bicyclic) bond motifs is 1. The maximum atomic E-state index is 6.11.